The quantitative estimate of drug-likeness (QED) is 0.132. The summed E-state index contributed by atoms with van der Waals surface area (Å²) in [6.07, 6.45) is 4.72. The van der Waals surface area contributed by atoms with Crippen LogP contribution < -0.4 is 9.47 Å². The van der Waals surface area contributed by atoms with Crippen molar-refractivity contribution in [1.29, 1.82) is 0 Å². The number of hydrogen-bond donors (Lipinski definition) is 0. The van der Waals surface area contributed by atoms with Gasteiger partial charge in [-0.2, -0.15) is 0 Å². The molecule has 2 aromatic heterocycles. The number of nitrogens with zero attached hydrogens (tertiary/aromatic N) is 4. The van der Waals surface area contributed by atoms with Crippen LogP contribution in [0.4, 0.5) is 11.4 Å². The third-order valence-corrected chi connectivity index (χ3v) is 6.91. The molecule has 45 heavy (non-hydrogen) atoms. The van der Waals surface area contributed by atoms with E-state index in [9.17, 15) is 0 Å². The summed E-state index contributed by atoms with van der Waals surface area (Å²) in [6.45, 7) is 7.60. The van der Waals surface area contributed by atoms with Crippen molar-refractivity contribution in [3.8, 4) is 11.5 Å². The first-order valence-electron chi connectivity index (χ1n) is 14.1. The van der Waals surface area contributed by atoms with E-state index >= 15 is 0 Å². The summed E-state index contributed by atoms with van der Waals surface area (Å²) in [5, 5.41) is 9.05. The van der Waals surface area contributed by atoms with E-state index in [-0.39, 0.29) is 17.1 Å². The minimum absolute atomic E-state index is 0. The van der Waals surface area contributed by atoms with Gasteiger partial charge in [0, 0.05) is 22.9 Å². The fourth-order valence-electron chi connectivity index (χ4n) is 4.83. The summed E-state index contributed by atoms with van der Waals surface area (Å²) < 4.78 is 23.3. The Morgan fingerprint density at radius 3 is 1.38 bits per heavy atom. The molecule has 0 N–H and O–H groups in total. The van der Waals surface area contributed by atoms with Crippen LogP contribution in [0.15, 0.2) is 143 Å². The first kappa shape index (κ1) is 29.6. The topological polar surface area (TPSA) is 98.7 Å². The molecule has 2 aliphatic heterocycles. The number of ether oxygens (including phenoxy) is 2. The molecule has 9 heteroatoms. The molecular formula is C36H26CuN4O4. The van der Waals surface area contributed by atoms with Crippen molar-refractivity contribution in [3.63, 3.8) is 0 Å². The minimum atomic E-state index is 0. The summed E-state index contributed by atoms with van der Waals surface area (Å²) in [5.41, 5.74) is 6.34. The maximum Gasteiger partial charge on any atom is 2.00 e. The number of hydrogen-bond acceptors (Lipinski definition) is 6. The Morgan fingerprint density at radius 1 is 0.578 bits per heavy atom. The molecule has 0 bridgehead atoms. The molecule has 0 atom stereocenters. The van der Waals surface area contributed by atoms with Gasteiger partial charge in [-0.1, -0.05) is 84.2 Å². The summed E-state index contributed by atoms with van der Waals surface area (Å²) in [6, 6.07) is 30.6. The molecule has 0 amide bonds. The van der Waals surface area contributed by atoms with Gasteiger partial charge in [-0.25, -0.2) is 9.97 Å². The normalized spacial score (nSPS) is 14.8. The van der Waals surface area contributed by atoms with Crippen molar-refractivity contribution in [2.45, 2.75) is 12.8 Å². The first-order valence-corrected chi connectivity index (χ1v) is 14.1. The molecule has 6 aromatic rings. The van der Waals surface area contributed by atoms with Gasteiger partial charge in [-0.05, 0) is 49.2 Å². The summed E-state index contributed by atoms with van der Waals surface area (Å²) in [4.78, 5) is 9.05. The number of allylic oxidation sites excluding steroid dienone is 4. The number of para-hydroxylation sites is 8. The molecule has 0 fully saturated rings. The Labute approximate surface area is 270 Å². The Morgan fingerprint density at radius 2 is 0.978 bits per heavy atom. The van der Waals surface area contributed by atoms with E-state index in [1.807, 2.05) is 97.1 Å². The van der Waals surface area contributed by atoms with E-state index in [1.54, 1.807) is 12.2 Å². The third kappa shape index (κ3) is 5.99. The molecule has 0 aliphatic carbocycles. The molecule has 0 unspecified atom stereocenters. The number of fused-ring (bicyclic) bond motifs is 4. The van der Waals surface area contributed by atoms with Gasteiger partial charge >= 0.3 is 17.1 Å². The maximum atomic E-state index is 5.84. The molecule has 8 nitrogen and oxygen atoms in total. The summed E-state index contributed by atoms with van der Waals surface area (Å²) in [7, 11) is 0. The van der Waals surface area contributed by atoms with E-state index < -0.39 is 0 Å². The fourth-order valence-corrected chi connectivity index (χ4v) is 4.83. The Hall–Kier alpha value is -5.50. The molecule has 225 valence electrons. The van der Waals surface area contributed by atoms with Gasteiger partial charge in [-0.3, -0.25) is 0 Å². The van der Waals surface area contributed by atoms with Crippen LogP contribution in [-0.2, 0) is 17.1 Å². The molecule has 0 saturated carbocycles. The molecule has 2 aliphatic rings. The molecule has 0 spiro atoms. The summed E-state index contributed by atoms with van der Waals surface area (Å²) >= 11 is 0. The largest absolute Gasteiger partial charge is 2.00 e. The molecule has 4 heterocycles. The predicted octanol–water partition coefficient (Wildman–Crippen LogP) is 10.3. The molecule has 0 saturated heterocycles. The molecule has 8 rings (SSSR count). The zero-order valence-corrected chi connectivity index (χ0v) is 24.9. The van der Waals surface area contributed by atoms with Gasteiger partial charge in [0.05, 0.1) is 0 Å². The van der Waals surface area contributed by atoms with E-state index in [0.717, 1.165) is 56.2 Å². The van der Waals surface area contributed by atoms with Gasteiger partial charge in [0.15, 0.2) is 11.2 Å². The van der Waals surface area contributed by atoms with E-state index in [1.165, 1.54) is 0 Å². The SMILES string of the molecule is C=CC/C(=C1/[N-]c2ccccc2O1)c1nc2ccccc2o1.C=CC/C(=C1/[N-]c2ccccc2O1)c1nc2ccccc2o1.[Cu+2]. The number of oxazole rings is 2. The first-order chi connectivity index (χ1) is 21.7. The van der Waals surface area contributed by atoms with Crippen molar-refractivity contribution < 1.29 is 35.4 Å². The van der Waals surface area contributed by atoms with Gasteiger partial charge in [0.1, 0.15) is 22.5 Å². The smallest absolute Gasteiger partial charge is 0.624 e. The number of rotatable bonds is 6. The van der Waals surface area contributed by atoms with Crippen LogP contribution in [0.5, 0.6) is 11.5 Å². The van der Waals surface area contributed by atoms with E-state index in [4.69, 9.17) is 18.3 Å². The van der Waals surface area contributed by atoms with Crippen molar-refractivity contribution >= 4 is 44.7 Å². The summed E-state index contributed by atoms with van der Waals surface area (Å²) in [5.74, 6) is 3.57. The predicted molar refractivity (Wildman–Crippen MR) is 172 cm³/mol. The van der Waals surface area contributed by atoms with Crippen LogP contribution in [0.2, 0.25) is 0 Å². The zero-order valence-electron chi connectivity index (χ0n) is 23.9. The molecule has 1 radical (unpaired) electrons. The third-order valence-electron chi connectivity index (χ3n) is 6.91. The second kappa shape index (κ2) is 13.0. The Kier molecular flexibility index (Phi) is 8.55. The van der Waals surface area contributed by atoms with E-state index in [0.29, 0.717) is 36.4 Å². The van der Waals surface area contributed by atoms with Crippen LogP contribution >= 0.6 is 0 Å². The van der Waals surface area contributed by atoms with Crippen LogP contribution in [0.25, 0.3) is 44.0 Å². The second-order valence-electron chi connectivity index (χ2n) is 9.89. The van der Waals surface area contributed by atoms with Gasteiger partial charge < -0.3 is 28.9 Å². The van der Waals surface area contributed by atoms with Gasteiger partial charge in [0.25, 0.3) is 0 Å². The second-order valence-corrected chi connectivity index (χ2v) is 9.89. The van der Waals surface area contributed by atoms with Crippen LogP contribution in [0.3, 0.4) is 0 Å². The van der Waals surface area contributed by atoms with E-state index in [2.05, 4.69) is 33.8 Å². The van der Waals surface area contributed by atoms with Crippen molar-refractivity contribution in [3.05, 3.63) is 157 Å². The van der Waals surface area contributed by atoms with Gasteiger partial charge in [-0.15, -0.1) is 13.2 Å². The van der Waals surface area contributed by atoms with Crippen LogP contribution in [0, 0.1) is 0 Å². The van der Waals surface area contributed by atoms with Crippen molar-refractivity contribution in [2.24, 2.45) is 0 Å². The zero-order chi connectivity index (χ0) is 29.9. The molecular weight excluding hydrogens is 616 g/mol. The molecule has 4 aromatic carbocycles. The minimum Gasteiger partial charge on any atom is -0.624 e. The van der Waals surface area contributed by atoms with Gasteiger partial charge in [0.2, 0.25) is 11.8 Å². The van der Waals surface area contributed by atoms with Crippen molar-refractivity contribution in [2.75, 3.05) is 0 Å². The van der Waals surface area contributed by atoms with Crippen molar-refractivity contribution in [1.82, 2.24) is 9.97 Å². The average molecular weight is 642 g/mol. The van der Waals surface area contributed by atoms with Crippen LogP contribution in [0.1, 0.15) is 24.6 Å². The maximum absolute atomic E-state index is 5.84. The Bertz CT molecular complexity index is 1820. The number of benzene rings is 4. The van der Waals surface area contributed by atoms with Crippen LogP contribution in [-0.4, -0.2) is 9.97 Å². The number of aromatic nitrogens is 2. The Balaban J connectivity index is 0.000000155. The average Bonchev–Trinajstić information content (AvgIpc) is 3.86. The monoisotopic (exact) mass is 641 g/mol. The standard InChI is InChI=1S/2C18H13N2O2.Cu/c2*1-2-7-12(17-19-13-8-3-5-10-15(13)21-17)18-20-14-9-4-6-11-16(14)22-18;/h2*2-6,8-11H,1,7H2;/q2*-1;+2/b2*17-12+;. The fraction of sp³-hybridized carbons (Fsp3) is 0.0556.